The van der Waals surface area contributed by atoms with Gasteiger partial charge in [-0.15, -0.1) is 11.8 Å². The van der Waals surface area contributed by atoms with Crippen LogP contribution in [0.1, 0.15) is 21.5 Å². The molecule has 4 rings (SSSR count). The van der Waals surface area contributed by atoms with E-state index in [4.69, 9.17) is 0 Å². The summed E-state index contributed by atoms with van der Waals surface area (Å²) in [5.74, 6) is 0.216. The Kier molecular flexibility index (Phi) is 4.07. The minimum atomic E-state index is -1.45. The first-order valence-electron chi connectivity index (χ1n) is 8.08. The minimum Gasteiger partial charge on any atom is -0.363 e. The molecule has 0 aromatic heterocycles. The number of aliphatic hydroxyl groups is 1. The second-order valence-electron chi connectivity index (χ2n) is 5.90. The van der Waals surface area contributed by atoms with Gasteiger partial charge >= 0.3 is 0 Å². The van der Waals surface area contributed by atoms with Gasteiger partial charge in [-0.25, -0.2) is 0 Å². The lowest BCUT2D eigenvalue weighted by Gasteiger charge is -2.34. The van der Waals surface area contributed by atoms with Crippen molar-refractivity contribution in [1.29, 1.82) is 0 Å². The molecule has 3 nitrogen and oxygen atoms in total. The van der Waals surface area contributed by atoms with Crippen LogP contribution in [0.15, 0.2) is 89.8 Å². The van der Waals surface area contributed by atoms with Gasteiger partial charge in [0.25, 0.3) is 5.91 Å². The van der Waals surface area contributed by atoms with Crippen LogP contribution >= 0.6 is 11.8 Å². The summed E-state index contributed by atoms with van der Waals surface area (Å²) < 4.78 is 0. The average molecular weight is 347 g/mol. The first kappa shape index (κ1) is 15.9. The smallest absolute Gasteiger partial charge is 0.257 e. The van der Waals surface area contributed by atoms with E-state index < -0.39 is 5.72 Å². The van der Waals surface area contributed by atoms with Crippen LogP contribution in [-0.2, 0) is 5.72 Å². The van der Waals surface area contributed by atoms with Crippen molar-refractivity contribution < 1.29 is 9.90 Å². The summed E-state index contributed by atoms with van der Waals surface area (Å²) in [5, 5.41) is 11.6. The van der Waals surface area contributed by atoms with E-state index in [2.05, 4.69) is 0 Å². The molecule has 0 aliphatic carbocycles. The van der Waals surface area contributed by atoms with Crippen LogP contribution < -0.4 is 0 Å². The summed E-state index contributed by atoms with van der Waals surface area (Å²) in [7, 11) is 0. The molecule has 0 bridgehead atoms. The maximum Gasteiger partial charge on any atom is 0.257 e. The van der Waals surface area contributed by atoms with E-state index in [9.17, 15) is 9.90 Å². The van der Waals surface area contributed by atoms with Gasteiger partial charge in [0.15, 0.2) is 5.72 Å². The molecule has 124 valence electrons. The van der Waals surface area contributed by atoms with E-state index >= 15 is 0 Å². The number of amides is 1. The van der Waals surface area contributed by atoms with Gasteiger partial charge in [0.05, 0.1) is 5.88 Å². The molecule has 1 N–H and O–H groups in total. The van der Waals surface area contributed by atoms with Gasteiger partial charge in [-0.05, 0) is 18.2 Å². The van der Waals surface area contributed by atoms with E-state index in [0.29, 0.717) is 22.6 Å². The lowest BCUT2D eigenvalue weighted by molar-refractivity contribution is -0.0402. The number of hydrogen-bond acceptors (Lipinski definition) is 3. The van der Waals surface area contributed by atoms with Gasteiger partial charge in [0.2, 0.25) is 0 Å². The van der Waals surface area contributed by atoms with E-state index in [1.165, 1.54) is 11.8 Å². The molecule has 25 heavy (non-hydrogen) atoms. The van der Waals surface area contributed by atoms with Crippen molar-refractivity contribution in [2.45, 2.75) is 10.6 Å². The molecule has 0 saturated carbocycles. The highest BCUT2D eigenvalue weighted by atomic mass is 32.2. The Morgan fingerprint density at radius 3 is 2.16 bits per heavy atom. The first-order chi connectivity index (χ1) is 12.2. The van der Waals surface area contributed by atoms with Crippen LogP contribution in [0.3, 0.4) is 0 Å². The molecule has 0 radical (unpaired) electrons. The fourth-order valence-electron chi connectivity index (χ4n) is 3.20. The molecule has 1 amide bonds. The van der Waals surface area contributed by atoms with Gasteiger partial charge < -0.3 is 5.11 Å². The van der Waals surface area contributed by atoms with Crippen molar-refractivity contribution in [1.82, 2.24) is 4.90 Å². The quantitative estimate of drug-likeness (QED) is 0.723. The Labute approximate surface area is 150 Å². The molecule has 0 fully saturated rings. The minimum absolute atomic E-state index is 0.148. The van der Waals surface area contributed by atoms with Crippen molar-refractivity contribution in [2.75, 3.05) is 5.88 Å². The molecule has 4 heteroatoms. The fraction of sp³-hybridized carbons (Fsp3) is 0.0952. The molecule has 1 unspecified atom stereocenters. The third-order valence-electron chi connectivity index (χ3n) is 4.45. The molecule has 1 atom stereocenters. The van der Waals surface area contributed by atoms with Crippen LogP contribution in [0.5, 0.6) is 0 Å². The van der Waals surface area contributed by atoms with Crippen LogP contribution in [0.2, 0.25) is 0 Å². The van der Waals surface area contributed by atoms with Crippen molar-refractivity contribution >= 4 is 17.7 Å². The largest absolute Gasteiger partial charge is 0.363 e. The standard InChI is InChI=1S/C21H17NO2S/c23-20-18-13-7-8-14-19(18)21(24,16-9-3-1-4-10-16)22(20)15-25-17-11-5-2-6-12-17/h1-14,24H,15H2. The number of benzene rings is 3. The molecule has 1 aliphatic heterocycles. The third kappa shape index (κ3) is 2.64. The van der Waals surface area contributed by atoms with Crippen LogP contribution in [-0.4, -0.2) is 21.8 Å². The molecular weight excluding hydrogens is 330 g/mol. The normalized spacial score (nSPS) is 19.1. The SMILES string of the molecule is O=C1c2ccccc2C(O)(c2ccccc2)N1CSc1ccccc1. The van der Waals surface area contributed by atoms with Gasteiger partial charge in [-0.3, -0.25) is 9.69 Å². The van der Waals surface area contributed by atoms with Gasteiger partial charge in [0.1, 0.15) is 0 Å². The van der Waals surface area contributed by atoms with Gasteiger partial charge in [-0.1, -0.05) is 66.7 Å². The van der Waals surface area contributed by atoms with Crippen molar-refractivity contribution in [3.8, 4) is 0 Å². The zero-order chi connectivity index (χ0) is 17.3. The van der Waals surface area contributed by atoms with Gasteiger partial charge in [-0.2, -0.15) is 0 Å². The Bertz CT molecular complexity index is 898. The highest BCUT2D eigenvalue weighted by Crippen LogP contribution is 2.43. The summed E-state index contributed by atoms with van der Waals surface area (Å²) in [6.45, 7) is 0. The third-order valence-corrected chi connectivity index (χ3v) is 5.44. The lowest BCUT2D eigenvalue weighted by Crippen LogP contribution is -2.44. The molecule has 0 spiro atoms. The fourth-order valence-corrected chi connectivity index (χ4v) is 4.13. The van der Waals surface area contributed by atoms with Crippen molar-refractivity contribution in [3.63, 3.8) is 0 Å². The van der Waals surface area contributed by atoms with E-state index in [-0.39, 0.29) is 5.91 Å². The van der Waals surface area contributed by atoms with E-state index in [1.54, 1.807) is 11.0 Å². The number of fused-ring (bicyclic) bond motifs is 1. The monoisotopic (exact) mass is 347 g/mol. The topological polar surface area (TPSA) is 40.5 Å². The molecular formula is C21H17NO2S. The number of carbonyl (C=O) groups is 1. The maximum atomic E-state index is 13.0. The van der Waals surface area contributed by atoms with Gasteiger partial charge in [0, 0.05) is 21.6 Å². The van der Waals surface area contributed by atoms with Crippen molar-refractivity contribution in [3.05, 3.63) is 102 Å². The first-order valence-corrected chi connectivity index (χ1v) is 9.07. The summed E-state index contributed by atoms with van der Waals surface area (Å²) in [6.07, 6.45) is 0. The number of thioether (sulfide) groups is 1. The summed E-state index contributed by atoms with van der Waals surface area (Å²) in [5.41, 5.74) is 0.445. The predicted octanol–water partition coefficient (Wildman–Crippen LogP) is 4.09. The highest BCUT2D eigenvalue weighted by Gasteiger charge is 2.49. The zero-order valence-corrected chi connectivity index (χ0v) is 14.3. The second-order valence-corrected chi connectivity index (χ2v) is 6.92. The Balaban J connectivity index is 1.75. The highest BCUT2D eigenvalue weighted by molar-refractivity contribution is 7.99. The van der Waals surface area contributed by atoms with Crippen LogP contribution in [0.25, 0.3) is 0 Å². The van der Waals surface area contributed by atoms with E-state index in [0.717, 1.165) is 4.90 Å². The Morgan fingerprint density at radius 1 is 0.840 bits per heavy atom. The summed E-state index contributed by atoms with van der Waals surface area (Å²) in [4.78, 5) is 15.6. The second kappa shape index (κ2) is 6.39. The summed E-state index contributed by atoms with van der Waals surface area (Å²) in [6, 6.07) is 26.5. The number of rotatable bonds is 4. The van der Waals surface area contributed by atoms with Crippen LogP contribution in [0.4, 0.5) is 0 Å². The maximum absolute atomic E-state index is 13.0. The zero-order valence-electron chi connectivity index (χ0n) is 13.5. The lowest BCUT2D eigenvalue weighted by atomic mass is 9.94. The van der Waals surface area contributed by atoms with Crippen molar-refractivity contribution in [2.24, 2.45) is 0 Å². The summed E-state index contributed by atoms with van der Waals surface area (Å²) >= 11 is 1.53. The number of nitrogens with zero attached hydrogens (tertiary/aromatic N) is 1. The molecule has 3 aromatic rings. The molecule has 0 saturated heterocycles. The Morgan fingerprint density at radius 2 is 1.44 bits per heavy atom. The number of carbonyl (C=O) groups excluding carboxylic acids is 1. The molecule has 1 aliphatic rings. The average Bonchev–Trinajstić information content (AvgIpc) is 2.90. The Hall–Kier alpha value is -2.56. The van der Waals surface area contributed by atoms with E-state index in [1.807, 2.05) is 78.9 Å². The molecule has 1 heterocycles. The van der Waals surface area contributed by atoms with Crippen LogP contribution in [0, 0.1) is 0 Å². The predicted molar refractivity (Wildman–Crippen MR) is 99.2 cm³/mol. The number of hydrogen-bond donors (Lipinski definition) is 1. The molecule has 3 aromatic carbocycles.